The molecule has 0 aromatic heterocycles. The zero-order chi connectivity index (χ0) is 40.5. The molecular weight excluding hydrogens is 735 g/mol. The summed E-state index contributed by atoms with van der Waals surface area (Å²) in [6.07, 6.45) is 9.19. The first-order valence-electron chi connectivity index (χ1n) is 21.3. The Balaban J connectivity index is 1.22. The number of anilines is 3. The maximum absolute atomic E-state index is 2.47. The second kappa shape index (κ2) is 15.8. The van der Waals surface area contributed by atoms with Gasteiger partial charge in [0.2, 0.25) is 0 Å². The summed E-state index contributed by atoms with van der Waals surface area (Å²) in [4.78, 5) is 2.42. The van der Waals surface area contributed by atoms with Gasteiger partial charge in [0.15, 0.2) is 0 Å². The highest BCUT2D eigenvalue weighted by Crippen LogP contribution is 2.49. The number of fused-ring (bicyclic) bond motifs is 6. The Morgan fingerprint density at radius 3 is 1.52 bits per heavy atom. The Labute approximate surface area is 357 Å². The Hall–Kier alpha value is -7.74. The molecule has 0 saturated heterocycles. The van der Waals surface area contributed by atoms with Crippen molar-refractivity contribution in [2.45, 2.75) is 12.8 Å². The van der Waals surface area contributed by atoms with Gasteiger partial charge in [-0.05, 0) is 143 Å². The van der Waals surface area contributed by atoms with Crippen molar-refractivity contribution in [3.8, 4) is 44.5 Å². The Kier molecular flexibility index (Phi) is 9.41. The van der Waals surface area contributed by atoms with Gasteiger partial charge in [0, 0.05) is 17.1 Å². The Bertz CT molecular complexity index is 3250. The molecule has 1 aliphatic rings. The molecular formula is C60H43N. The predicted molar refractivity (Wildman–Crippen MR) is 262 cm³/mol. The van der Waals surface area contributed by atoms with Gasteiger partial charge in [0.05, 0.1) is 0 Å². The van der Waals surface area contributed by atoms with Crippen molar-refractivity contribution < 1.29 is 0 Å². The first kappa shape index (κ1) is 36.3. The van der Waals surface area contributed by atoms with Crippen LogP contribution in [0.3, 0.4) is 0 Å². The Morgan fingerprint density at radius 1 is 0.311 bits per heavy atom. The van der Waals surface area contributed by atoms with Crippen LogP contribution in [0.2, 0.25) is 0 Å². The first-order chi connectivity index (χ1) is 30.3. The zero-order valence-electron chi connectivity index (χ0n) is 33.9. The lowest BCUT2D eigenvalue weighted by Gasteiger charge is -2.27. The molecule has 0 heterocycles. The van der Waals surface area contributed by atoms with E-state index in [9.17, 15) is 0 Å². The van der Waals surface area contributed by atoms with E-state index in [-0.39, 0.29) is 0 Å². The van der Waals surface area contributed by atoms with E-state index in [0.29, 0.717) is 0 Å². The van der Waals surface area contributed by atoms with E-state index in [1.807, 2.05) is 0 Å². The van der Waals surface area contributed by atoms with Gasteiger partial charge in [0.1, 0.15) is 0 Å². The van der Waals surface area contributed by atoms with E-state index in [1.54, 1.807) is 0 Å². The van der Waals surface area contributed by atoms with Crippen molar-refractivity contribution in [2.24, 2.45) is 0 Å². The smallest absolute Gasteiger partial charge is 0.0468 e. The molecule has 0 saturated carbocycles. The summed E-state index contributed by atoms with van der Waals surface area (Å²) in [5.41, 5.74) is 15.6. The van der Waals surface area contributed by atoms with Gasteiger partial charge in [-0.1, -0.05) is 194 Å². The summed E-state index contributed by atoms with van der Waals surface area (Å²) >= 11 is 0. The van der Waals surface area contributed by atoms with E-state index >= 15 is 0 Å². The molecule has 61 heavy (non-hydrogen) atoms. The fraction of sp³-hybridized carbons (Fsp3) is 0.0333. The van der Waals surface area contributed by atoms with E-state index in [4.69, 9.17) is 0 Å². The number of nitrogens with zero attached hydrogens (tertiary/aromatic N) is 1. The van der Waals surface area contributed by atoms with Crippen LogP contribution >= 0.6 is 0 Å². The molecule has 10 aromatic rings. The van der Waals surface area contributed by atoms with Crippen LogP contribution in [0.4, 0.5) is 17.1 Å². The largest absolute Gasteiger partial charge is 0.310 e. The zero-order valence-corrected chi connectivity index (χ0v) is 33.9. The minimum absolute atomic E-state index is 1.04. The molecule has 1 aliphatic carbocycles. The monoisotopic (exact) mass is 777 g/mol. The SMILES string of the molecule is C1=CC(c2cc(-c3ccccc3)c3c4ccccc4c4cc(N(c5ccc(-c6ccccc6)cc5)c5cccc(-c6ccccc6)c5)ccc4c3c2-c2ccccc2)=CCC1. The van der Waals surface area contributed by atoms with Gasteiger partial charge in [-0.25, -0.2) is 0 Å². The second-order valence-corrected chi connectivity index (χ2v) is 15.9. The van der Waals surface area contributed by atoms with Gasteiger partial charge < -0.3 is 4.90 Å². The van der Waals surface area contributed by atoms with Crippen LogP contribution in [0.1, 0.15) is 18.4 Å². The van der Waals surface area contributed by atoms with Crippen molar-refractivity contribution in [3.05, 3.63) is 242 Å². The summed E-state index contributed by atoms with van der Waals surface area (Å²) in [7, 11) is 0. The summed E-state index contributed by atoms with van der Waals surface area (Å²) in [5.74, 6) is 0. The lowest BCUT2D eigenvalue weighted by Crippen LogP contribution is -2.10. The van der Waals surface area contributed by atoms with Crippen LogP contribution in [0, 0.1) is 0 Å². The summed E-state index contributed by atoms with van der Waals surface area (Å²) in [6.45, 7) is 0. The fourth-order valence-electron chi connectivity index (χ4n) is 9.41. The maximum Gasteiger partial charge on any atom is 0.0468 e. The molecule has 0 N–H and O–H groups in total. The third-order valence-electron chi connectivity index (χ3n) is 12.2. The standard InChI is InChI=1S/C60H43N/c1-6-19-42(20-7-1)44-33-35-49(36-34-44)61(50-30-18-29-48(39-50)43-21-8-2-9-22-43)51-37-38-54-57(40-51)52-31-16-17-32-53(52)59-56(46-25-12-4-13-26-46)41-55(45-23-10-3-11-24-45)58(60(54)59)47-27-14-5-15-28-47/h1-2,4-10,12-41H,3,11H2. The number of allylic oxidation sites excluding steroid dienone is 4. The topological polar surface area (TPSA) is 3.24 Å². The second-order valence-electron chi connectivity index (χ2n) is 15.9. The first-order valence-corrected chi connectivity index (χ1v) is 21.3. The molecule has 10 aromatic carbocycles. The molecule has 1 heteroatoms. The van der Waals surface area contributed by atoms with Crippen molar-refractivity contribution in [1.82, 2.24) is 0 Å². The fourth-order valence-corrected chi connectivity index (χ4v) is 9.41. The summed E-state index contributed by atoms with van der Waals surface area (Å²) < 4.78 is 0. The highest BCUT2D eigenvalue weighted by atomic mass is 15.1. The predicted octanol–water partition coefficient (Wildman–Crippen LogP) is 17.0. The number of hydrogen-bond donors (Lipinski definition) is 0. The highest BCUT2D eigenvalue weighted by molar-refractivity contribution is 6.33. The van der Waals surface area contributed by atoms with Gasteiger partial charge >= 0.3 is 0 Å². The molecule has 0 aliphatic heterocycles. The molecule has 0 amide bonds. The molecule has 1 nitrogen and oxygen atoms in total. The van der Waals surface area contributed by atoms with Crippen molar-refractivity contribution in [2.75, 3.05) is 4.90 Å². The van der Waals surface area contributed by atoms with Crippen LogP contribution in [-0.2, 0) is 0 Å². The Morgan fingerprint density at radius 2 is 0.852 bits per heavy atom. The van der Waals surface area contributed by atoms with Gasteiger partial charge in [-0.3, -0.25) is 0 Å². The van der Waals surface area contributed by atoms with Crippen molar-refractivity contribution in [1.29, 1.82) is 0 Å². The molecule has 288 valence electrons. The molecule has 0 fully saturated rings. The third kappa shape index (κ3) is 6.71. The lowest BCUT2D eigenvalue weighted by atomic mass is 9.80. The van der Waals surface area contributed by atoms with E-state index in [2.05, 4.69) is 242 Å². The minimum atomic E-state index is 1.04. The number of hydrogen-bond acceptors (Lipinski definition) is 1. The third-order valence-corrected chi connectivity index (χ3v) is 12.2. The van der Waals surface area contributed by atoms with Crippen molar-refractivity contribution >= 4 is 55.0 Å². The lowest BCUT2D eigenvalue weighted by molar-refractivity contribution is 1.04. The average Bonchev–Trinajstić information content (AvgIpc) is 3.35. The molecule has 11 rings (SSSR count). The number of benzene rings is 10. The molecule has 0 unspecified atom stereocenters. The normalized spacial score (nSPS) is 12.5. The molecule has 0 bridgehead atoms. The minimum Gasteiger partial charge on any atom is -0.310 e. The molecule has 0 atom stereocenters. The quantitative estimate of drug-likeness (QED) is 0.139. The molecule has 0 spiro atoms. The summed E-state index contributed by atoms with van der Waals surface area (Å²) in [6, 6.07) is 79.9. The molecule has 0 radical (unpaired) electrons. The van der Waals surface area contributed by atoms with Gasteiger partial charge in [-0.2, -0.15) is 0 Å². The van der Waals surface area contributed by atoms with Crippen LogP contribution in [0.5, 0.6) is 0 Å². The van der Waals surface area contributed by atoms with Gasteiger partial charge in [0.25, 0.3) is 0 Å². The number of rotatable bonds is 8. The van der Waals surface area contributed by atoms with E-state index in [1.165, 1.54) is 88.0 Å². The maximum atomic E-state index is 2.47. The van der Waals surface area contributed by atoms with Gasteiger partial charge in [-0.15, -0.1) is 0 Å². The van der Waals surface area contributed by atoms with Crippen LogP contribution in [0.25, 0.3) is 82.4 Å². The van der Waals surface area contributed by atoms with E-state index in [0.717, 1.165) is 29.9 Å². The van der Waals surface area contributed by atoms with Crippen LogP contribution in [0.15, 0.2) is 237 Å². The van der Waals surface area contributed by atoms with Crippen LogP contribution in [-0.4, -0.2) is 0 Å². The van der Waals surface area contributed by atoms with E-state index < -0.39 is 0 Å². The van der Waals surface area contributed by atoms with Crippen LogP contribution < -0.4 is 4.90 Å². The average molecular weight is 778 g/mol. The van der Waals surface area contributed by atoms with Crippen molar-refractivity contribution in [3.63, 3.8) is 0 Å². The highest BCUT2D eigenvalue weighted by Gasteiger charge is 2.23. The summed E-state index contributed by atoms with van der Waals surface area (Å²) in [5, 5.41) is 7.54.